The number of hydrogen-bond acceptors (Lipinski definition) is 4. The molecule has 1 heterocycles. The number of benzene rings is 1. The van der Waals surface area contributed by atoms with Crippen LogP contribution in [0, 0.1) is 6.92 Å². The number of carboxylic acid groups (broad SMARTS) is 1. The van der Waals surface area contributed by atoms with Crippen molar-refractivity contribution >= 4 is 17.6 Å². The zero-order valence-corrected chi connectivity index (χ0v) is 10.5. The Bertz CT molecular complexity index is 606. The second-order valence-electron chi connectivity index (χ2n) is 3.62. The fourth-order valence-corrected chi connectivity index (χ4v) is 1.94. The summed E-state index contributed by atoms with van der Waals surface area (Å²) < 4.78 is 9.94. The molecule has 1 aromatic carbocycles. The van der Waals surface area contributed by atoms with E-state index in [0.717, 1.165) is 0 Å². The van der Waals surface area contributed by atoms with Crippen molar-refractivity contribution in [3.05, 3.63) is 34.7 Å². The van der Waals surface area contributed by atoms with Crippen molar-refractivity contribution in [3.8, 4) is 16.9 Å². The molecule has 18 heavy (non-hydrogen) atoms. The normalized spacial score (nSPS) is 10.4. The van der Waals surface area contributed by atoms with Gasteiger partial charge in [0.25, 0.3) is 0 Å². The number of methoxy groups -OCH3 is 1. The monoisotopic (exact) mass is 267 g/mol. The first-order chi connectivity index (χ1) is 8.54. The molecular formula is C12H10ClNO4. The van der Waals surface area contributed by atoms with E-state index in [1.165, 1.54) is 7.11 Å². The minimum atomic E-state index is -1.14. The number of aryl methyl sites for hydroxylation is 1. The van der Waals surface area contributed by atoms with Gasteiger partial charge in [0.15, 0.2) is 5.69 Å². The smallest absolute Gasteiger partial charge is 0.358 e. The predicted octanol–water partition coefficient (Wildman–Crippen LogP) is 3.01. The van der Waals surface area contributed by atoms with Gasteiger partial charge in [0.2, 0.25) is 0 Å². The molecule has 0 amide bonds. The molecule has 0 aliphatic heterocycles. The molecular weight excluding hydrogens is 258 g/mol. The maximum absolute atomic E-state index is 11.0. The van der Waals surface area contributed by atoms with E-state index in [-0.39, 0.29) is 5.69 Å². The van der Waals surface area contributed by atoms with E-state index in [4.69, 9.17) is 26.0 Å². The lowest BCUT2D eigenvalue weighted by Crippen LogP contribution is -1.99. The molecule has 0 fully saturated rings. The Balaban J connectivity index is 2.58. The molecule has 0 unspecified atom stereocenters. The van der Waals surface area contributed by atoms with Gasteiger partial charge in [-0.05, 0) is 24.6 Å². The van der Waals surface area contributed by atoms with Crippen LogP contribution in [0.1, 0.15) is 16.2 Å². The molecule has 0 aliphatic carbocycles. The largest absolute Gasteiger partial charge is 0.495 e. The number of carboxylic acids is 1. The third-order valence-electron chi connectivity index (χ3n) is 2.51. The maximum atomic E-state index is 11.0. The standard InChI is InChI=1S/C12H10ClNO4/c1-6-10(11(12(15)16)14-18-6)7-3-4-9(17-2)8(13)5-7/h3-5H,1-2H3,(H,15,16). The SMILES string of the molecule is COc1ccc(-c2c(C(=O)O)noc2C)cc1Cl. The molecule has 0 bridgehead atoms. The molecule has 1 N–H and O–H groups in total. The summed E-state index contributed by atoms with van der Waals surface area (Å²) in [6.45, 7) is 1.65. The lowest BCUT2D eigenvalue weighted by atomic mass is 10.0. The molecule has 0 spiro atoms. The molecule has 5 nitrogen and oxygen atoms in total. The van der Waals surface area contributed by atoms with E-state index in [1.54, 1.807) is 25.1 Å². The number of rotatable bonds is 3. The first kappa shape index (κ1) is 12.4. The molecule has 0 saturated heterocycles. The quantitative estimate of drug-likeness (QED) is 0.925. The van der Waals surface area contributed by atoms with Crippen molar-refractivity contribution in [1.82, 2.24) is 5.16 Å². The summed E-state index contributed by atoms with van der Waals surface area (Å²) in [4.78, 5) is 11.0. The third-order valence-corrected chi connectivity index (χ3v) is 2.80. The molecule has 94 valence electrons. The molecule has 0 radical (unpaired) electrons. The summed E-state index contributed by atoms with van der Waals surface area (Å²) in [7, 11) is 1.51. The van der Waals surface area contributed by atoms with Crippen LogP contribution < -0.4 is 4.74 Å². The van der Waals surface area contributed by atoms with Crippen LogP contribution in [-0.2, 0) is 0 Å². The van der Waals surface area contributed by atoms with Crippen molar-refractivity contribution in [2.75, 3.05) is 7.11 Å². The van der Waals surface area contributed by atoms with E-state index in [1.807, 2.05) is 0 Å². The Labute approximate surface area is 108 Å². The molecule has 2 rings (SSSR count). The first-order valence-electron chi connectivity index (χ1n) is 5.08. The summed E-state index contributed by atoms with van der Waals surface area (Å²) in [5, 5.41) is 12.9. The van der Waals surface area contributed by atoms with Gasteiger partial charge in [0, 0.05) is 0 Å². The molecule has 6 heteroatoms. The van der Waals surface area contributed by atoms with Crippen LogP contribution in [0.25, 0.3) is 11.1 Å². The Hall–Kier alpha value is -2.01. The molecule has 0 aliphatic rings. The van der Waals surface area contributed by atoms with E-state index in [2.05, 4.69) is 5.16 Å². The van der Waals surface area contributed by atoms with Crippen molar-refractivity contribution in [1.29, 1.82) is 0 Å². The topological polar surface area (TPSA) is 72.6 Å². The van der Waals surface area contributed by atoms with Crippen LogP contribution >= 0.6 is 11.6 Å². The van der Waals surface area contributed by atoms with Gasteiger partial charge in [-0.2, -0.15) is 0 Å². The van der Waals surface area contributed by atoms with Crippen molar-refractivity contribution in [2.24, 2.45) is 0 Å². The summed E-state index contributed by atoms with van der Waals surface area (Å²) in [5.74, 6) is -0.200. The highest BCUT2D eigenvalue weighted by atomic mass is 35.5. The van der Waals surface area contributed by atoms with Crippen LogP contribution in [0.5, 0.6) is 5.75 Å². The second kappa shape index (κ2) is 4.70. The van der Waals surface area contributed by atoms with Crippen LogP contribution in [-0.4, -0.2) is 23.3 Å². The minimum absolute atomic E-state index is 0.131. The van der Waals surface area contributed by atoms with Crippen LogP contribution in [0.15, 0.2) is 22.7 Å². The van der Waals surface area contributed by atoms with Crippen LogP contribution in [0.2, 0.25) is 5.02 Å². The number of halogens is 1. The van der Waals surface area contributed by atoms with Gasteiger partial charge in [0.05, 0.1) is 17.7 Å². The van der Waals surface area contributed by atoms with E-state index in [9.17, 15) is 4.79 Å². The van der Waals surface area contributed by atoms with E-state index >= 15 is 0 Å². The van der Waals surface area contributed by atoms with Crippen LogP contribution in [0.4, 0.5) is 0 Å². The molecule has 0 saturated carbocycles. The second-order valence-corrected chi connectivity index (χ2v) is 4.02. The maximum Gasteiger partial charge on any atom is 0.358 e. The van der Waals surface area contributed by atoms with E-state index < -0.39 is 5.97 Å². The lowest BCUT2D eigenvalue weighted by molar-refractivity contribution is 0.0686. The predicted molar refractivity (Wildman–Crippen MR) is 65.2 cm³/mol. The average Bonchev–Trinajstić information content (AvgIpc) is 2.71. The first-order valence-corrected chi connectivity index (χ1v) is 5.46. The lowest BCUT2D eigenvalue weighted by Gasteiger charge is -2.05. The van der Waals surface area contributed by atoms with Crippen molar-refractivity contribution in [2.45, 2.75) is 6.92 Å². The zero-order valence-electron chi connectivity index (χ0n) is 9.73. The Morgan fingerprint density at radius 3 is 2.78 bits per heavy atom. The van der Waals surface area contributed by atoms with Gasteiger partial charge in [-0.25, -0.2) is 4.79 Å². The van der Waals surface area contributed by atoms with E-state index in [0.29, 0.717) is 27.7 Å². The van der Waals surface area contributed by atoms with Gasteiger partial charge in [-0.15, -0.1) is 0 Å². The number of aromatic carboxylic acids is 1. The number of hydrogen-bond donors (Lipinski definition) is 1. The highest BCUT2D eigenvalue weighted by Gasteiger charge is 2.21. The number of ether oxygens (including phenoxy) is 1. The summed E-state index contributed by atoms with van der Waals surface area (Å²) in [6.07, 6.45) is 0. The minimum Gasteiger partial charge on any atom is -0.495 e. The van der Waals surface area contributed by atoms with Gasteiger partial charge in [-0.1, -0.05) is 22.8 Å². The summed E-state index contributed by atoms with van der Waals surface area (Å²) >= 11 is 6.01. The van der Waals surface area contributed by atoms with Crippen molar-refractivity contribution < 1.29 is 19.2 Å². The number of carbonyl (C=O) groups is 1. The van der Waals surface area contributed by atoms with Crippen molar-refractivity contribution in [3.63, 3.8) is 0 Å². The highest BCUT2D eigenvalue weighted by molar-refractivity contribution is 6.32. The van der Waals surface area contributed by atoms with Gasteiger partial charge in [-0.3, -0.25) is 0 Å². The van der Waals surface area contributed by atoms with Gasteiger partial charge < -0.3 is 14.4 Å². The Morgan fingerprint density at radius 1 is 1.50 bits per heavy atom. The Kier molecular flexibility index (Phi) is 3.25. The third kappa shape index (κ3) is 2.04. The molecule has 1 aromatic heterocycles. The zero-order chi connectivity index (χ0) is 13.3. The number of aromatic nitrogens is 1. The summed E-state index contributed by atoms with van der Waals surface area (Å²) in [5.41, 5.74) is 0.915. The average molecular weight is 268 g/mol. The van der Waals surface area contributed by atoms with Crippen LogP contribution in [0.3, 0.4) is 0 Å². The fourth-order valence-electron chi connectivity index (χ4n) is 1.68. The van der Waals surface area contributed by atoms with Gasteiger partial charge >= 0.3 is 5.97 Å². The fraction of sp³-hybridized carbons (Fsp3) is 0.167. The summed E-state index contributed by atoms with van der Waals surface area (Å²) in [6, 6.07) is 4.98. The Morgan fingerprint density at radius 2 is 2.22 bits per heavy atom. The molecule has 2 aromatic rings. The van der Waals surface area contributed by atoms with Gasteiger partial charge in [0.1, 0.15) is 11.5 Å². The highest BCUT2D eigenvalue weighted by Crippen LogP contribution is 2.33. The number of nitrogens with zero attached hydrogens (tertiary/aromatic N) is 1. The molecule has 0 atom stereocenters.